The number of fused-ring (bicyclic) bond motifs is 1. The van der Waals surface area contributed by atoms with Gasteiger partial charge in [-0.1, -0.05) is 6.07 Å². The lowest BCUT2D eigenvalue weighted by molar-refractivity contribution is 0.101. The number of carbonyl (C=O) groups is 2. The Hall–Kier alpha value is -4.20. The number of carbonyl (C=O) groups excluding carboxylic acids is 2. The van der Waals surface area contributed by atoms with E-state index in [1.54, 1.807) is 42.7 Å². The average Bonchev–Trinajstić information content (AvgIpc) is 2.76. The van der Waals surface area contributed by atoms with E-state index in [4.69, 9.17) is 0 Å². The lowest BCUT2D eigenvalue weighted by Crippen LogP contribution is -2.15. The van der Waals surface area contributed by atoms with Gasteiger partial charge in [0.1, 0.15) is 5.69 Å². The van der Waals surface area contributed by atoms with Gasteiger partial charge in [0, 0.05) is 41.7 Å². The molecule has 0 radical (unpaired) electrons. The van der Waals surface area contributed by atoms with Crippen molar-refractivity contribution in [2.24, 2.45) is 0 Å². The number of anilines is 2. The second-order valence-corrected chi connectivity index (χ2v) is 6.29. The molecule has 29 heavy (non-hydrogen) atoms. The van der Waals surface area contributed by atoms with Gasteiger partial charge in [0.25, 0.3) is 11.8 Å². The maximum atomic E-state index is 12.7. The quantitative estimate of drug-likeness (QED) is 0.559. The number of nitrogens with one attached hydrogen (secondary N) is 2. The smallest absolute Gasteiger partial charge is 0.275 e. The van der Waals surface area contributed by atoms with E-state index in [1.165, 1.54) is 18.6 Å². The number of aromatic nitrogens is 4. The molecule has 2 amide bonds. The van der Waals surface area contributed by atoms with Crippen molar-refractivity contribution in [3.63, 3.8) is 0 Å². The third kappa shape index (κ3) is 4.06. The van der Waals surface area contributed by atoms with Gasteiger partial charge in [-0.3, -0.25) is 24.5 Å². The van der Waals surface area contributed by atoms with E-state index in [0.717, 1.165) is 5.56 Å². The largest absolute Gasteiger partial charge is 0.322 e. The van der Waals surface area contributed by atoms with E-state index in [9.17, 15) is 9.59 Å². The highest BCUT2D eigenvalue weighted by Crippen LogP contribution is 2.22. The standard InChI is InChI=1S/C21H16N6O2/c1-13-2-4-15(26-21(29)19-12-22-6-7-25-19)11-17(13)27-20(28)14-3-5-16-18(10-14)24-9-8-23-16/h2-12H,1H3,(H,26,29)(H,27,28). The molecule has 0 spiro atoms. The van der Waals surface area contributed by atoms with Crippen molar-refractivity contribution in [2.45, 2.75) is 6.92 Å². The van der Waals surface area contributed by atoms with Crippen LogP contribution in [0.2, 0.25) is 0 Å². The summed E-state index contributed by atoms with van der Waals surface area (Å²) in [5.74, 6) is -0.662. The molecule has 8 nitrogen and oxygen atoms in total. The van der Waals surface area contributed by atoms with Crippen molar-refractivity contribution < 1.29 is 9.59 Å². The zero-order chi connectivity index (χ0) is 20.2. The highest BCUT2D eigenvalue weighted by Gasteiger charge is 2.12. The molecule has 0 saturated heterocycles. The van der Waals surface area contributed by atoms with Gasteiger partial charge in [-0.2, -0.15) is 0 Å². The summed E-state index contributed by atoms with van der Waals surface area (Å²) < 4.78 is 0. The molecule has 0 aliphatic carbocycles. The van der Waals surface area contributed by atoms with Gasteiger partial charge in [-0.15, -0.1) is 0 Å². The third-order valence-corrected chi connectivity index (χ3v) is 4.27. The summed E-state index contributed by atoms with van der Waals surface area (Å²) in [6.45, 7) is 1.87. The minimum Gasteiger partial charge on any atom is -0.322 e. The Balaban J connectivity index is 1.54. The predicted octanol–water partition coefficient (Wildman–Crippen LogP) is 3.23. The summed E-state index contributed by atoms with van der Waals surface area (Å²) in [6, 6.07) is 10.4. The Bertz CT molecular complexity index is 1210. The van der Waals surface area contributed by atoms with E-state index in [0.29, 0.717) is 28.0 Å². The van der Waals surface area contributed by atoms with Gasteiger partial charge in [-0.05, 0) is 42.8 Å². The zero-order valence-electron chi connectivity index (χ0n) is 15.5. The summed E-state index contributed by atoms with van der Waals surface area (Å²) in [5.41, 5.74) is 4.01. The fraction of sp³-hybridized carbons (Fsp3) is 0.0476. The number of rotatable bonds is 4. The molecule has 8 heteroatoms. The Morgan fingerprint density at radius 1 is 0.793 bits per heavy atom. The highest BCUT2D eigenvalue weighted by molar-refractivity contribution is 6.07. The van der Waals surface area contributed by atoms with Gasteiger partial charge in [0.05, 0.1) is 17.2 Å². The fourth-order valence-corrected chi connectivity index (χ4v) is 2.74. The van der Waals surface area contributed by atoms with Crippen LogP contribution in [-0.4, -0.2) is 31.8 Å². The number of aryl methyl sites for hydroxylation is 1. The Kier molecular flexibility index (Phi) is 4.90. The molecular formula is C21H16N6O2. The first-order valence-corrected chi connectivity index (χ1v) is 8.80. The first-order chi connectivity index (χ1) is 14.1. The number of nitrogens with zero attached hydrogens (tertiary/aromatic N) is 4. The van der Waals surface area contributed by atoms with E-state index >= 15 is 0 Å². The maximum absolute atomic E-state index is 12.7. The van der Waals surface area contributed by atoms with Crippen molar-refractivity contribution in [3.8, 4) is 0 Å². The van der Waals surface area contributed by atoms with Crippen LogP contribution in [0.15, 0.2) is 67.4 Å². The lowest BCUT2D eigenvalue weighted by atomic mass is 10.1. The van der Waals surface area contributed by atoms with Crippen LogP contribution in [0.5, 0.6) is 0 Å². The molecule has 4 aromatic rings. The monoisotopic (exact) mass is 384 g/mol. The molecule has 0 atom stereocenters. The fourth-order valence-electron chi connectivity index (χ4n) is 2.74. The summed E-state index contributed by atoms with van der Waals surface area (Å²) in [4.78, 5) is 41.2. The van der Waals surface area contributed by atoms with Crippen LogP contribution in [0.4, 0.5) is 11.4 Å². The Morgan fingerprint density at radius 3 is 2.38 bits per heavy atom. The van der Waals surface area contributed by atoms with Crippen LogP contribution < -0.4 is 10.6 Å². The van der Waals surface area contributed by atoms with Crippen LogP contribution in [0.3, 0.4) is 0 Å². The topological polar surface area (TPSA) is 110 Å². The second kappa shape index (κ2) is 7.81. The molecule has 142 valence electrons. The number of hydrogen-bond acceptors (Lipinski definition) is 6. The molecule has 0 saturated carbocycles. The summed E-state index contributed by atoms with van der Waals surface area (Å²) >= 11 is 0. The van der Waals surface area contributed by atoms with Crippen LogP contribution in [0.25, 0.3) is 11.0 Å². The summed E-state index contributed by atoms with van der Waals surface area (Å²) in [6.07, 6.45) is 7.51. The van der Waals surface area contributed by atoms with Crippen molar-refractivity contribution in [3.05, 3.63) is 84.2 Å². The molecule has 2 heterocycles. The van der Waals surface area contributed by atoms with Gasteiger partial charge in [-0.25, -0.2) is 4.98 Å². The van der Waals surface area contributed by atoms with Crippen molar-refractivity contribution in [2.75, 3.05) is 10.6 Å². The molecule has 2 aromatic carbocycles. The summed E-state index contributed by atoms with van der Waals surface area (Å²) in [7, 11) is 0. The van der Waals surface area contributed by atoms with Crippen molar-refractivity contribution in [1.29, 1.82) is 0 Å². The van der Waals surface area contributed by atoms with Crippen LogP contribution in [0.1, 0.15) is 26.4 Å². The predicted molar refractivity (Wildman–Crippen MR) is 109 cm³/mol. The van der Waals surface area contributed by atoms with Crippen LogP contribution >= 0.6 is 0 Å². The van der Waals surface area contributed by atoms with Gasteiger partial charge < -0.3 is 10.6 Å². The van der Waals surface area contributed by atoms with E-state index in [2.05, 4.69) is 30.6 Å². The van der Waals surface area contributed by atoms with Gasteiger partial charge >= 0.3 is 0 Å². The molecule has 0 aliphatic rings. The number of amides is 2. The molecule has 0 fully saturated rings. The molecule has 0 bridgehead atoms. The normalized spacial score (nSPS) is 10.5. The van der Waals surface area contributed by atoms with Gasteiger partial charge in [0.15, 0.2) is 0 Å². The number of benzene rings is 2. The minimum atomic E-state index is -0.382. The highest BCUT2D eigenvalue weighted by atomic mass is 16.2. The maximum Gasteiger partial charge on any atom is 0.275 e. The van der Waals surface area contributed by atoms with Gasteiger partial charge in [0.2, 0.25) is 0 Å². The summed E-state index contributed by atoms with van der Waals surface area (Å²) in [5, 5.41) is 5.63. The van der Waals surface area contributed by atoms with Crippen molar-refractivity contribution in [1.82, 2.24) is 19.9 Å². The molecule has 0 unspecified atom stereocenters. The lowest BCUT2D eigenvalue weighted by Gasteiger charge is -2.12. The third-order valence-electron chi connectivity index (χ3n) is 4.27. The second-order valence-electron chi connectivity index (χ2n) is 6.29. The molecule has 2 aromatic heterocycles. The molecule has 4 rings (SSSR count). The molecule has 0 aliphatic heterocycles. The number of hydrogen-bond donors (Lipinski definition) is 2. The zero-order valence-corrected chi connectivity index (χ0v) is 15.5. The van der Waals surface area contributed by atoms with E-state index in [1.807, 2.05) is 13.0 Å². The van der Waals surface area contributed by atoms with Crippen LogP contribution in [0, 0.1) is 6.92 Å². The first-order valence-electron chi connectivity index (χ1n) is 8.80. The van der Waals surface area contributed by atoms with Crippen molar-refractivity contribution >= 4 is 34.2 Å². The average molecular weight is 384 g/mol. The van der Waals surface area contributed by atoms with E-state index < -0.39 is 0 Å². The Morgan fingerprint density at radius 2 is 1.59 bits per heavy atom. The Labute approximate surface area is 166 Å². The first kappa shape index (κ1) is 18.2. The van der Waals surface area contributed by atoms with Crippen LogP contribution in [-0.2, 0) is 0 Å². The molecule has 2 N–H and O–H groups in total. The minimum absolute atomic E-state index is 0.205. The SMILES string of the molecule is Cc1ccc(NC(=O)c2cnccn2)cc1NC(=O)c1ccc2nccnc2c1. The molecular weight excluding hydrogens is 368 g/mol. The van der Waals surface area contributed by atoms with E-state index in [-0.39, 0.29) is 17.5 Å².